The Bertz CT molecular complexity index is 389. The molecule has 2 saturated carbocycles. The van der Waals surface area contributed by atoms with Gasteiger partial charge in [0.25, 0.3) is 0 Å². The van der Waals surface area contributed by atoms with Crippen LogP contribution < -0.4 is 0 Å². The van der Waals surface area contributed by atoms with Crippen molar-refractivity contribution in [3.63, 3.8) is 0 Å². The second kappa shape index (κ2) is 3.03. The molecule has 0 spiro atoms. The highest BCUT2D eigenvalue weighted by atomic mass is 16.5. The molecule has 1 heterocycles. The Balaban J connectivity index is 2.06. The number of aromatic amines is 1. The highest BCUT2D eigenvalue weighted by Gasteiger charge is 2.64. The van der Waals surface area contributed by atoms with Crippen LogP contribution in [0.3, 0.4) is 0 Å². The Morgan fingerprint density at radius 3 is 2.62 bits per heavy atom. The molecule has 5 nitrogen and oxygen atoms in total. The van der Waals surface area contributed by atoms with Gasteiger partial charge in [-0.15, -0.1) is 10.2 Å². The van der Waals surface area contributed by atoms with Crippen molar-refractivity contribution in [1.82, 2.24) is 20.6 Å². The number of fused-ring (bicyclic) bond motifs is 2. The first-order valence-electron chi connectivity index (χ1n) is 5.90. The van der Waals surface area contributed by atoms with Crippen LogP contribution in [0.2, 0.25) is 0 Å². The minimum atomic E-state index is -0.306. The summed E-state index contributed by atoms with van der Waals surface area (Å²) in [5, 5.41) is 14.5. The molecular weight excluding hydrogens is 204 g/mol. The summed E-state index contributed by atoms with van der Waals surface area (Å²) in [4.78, 5) is 0. The Labute approximate surface area is 95.0 Å². The third kappa shape index (κ3) is 1.02. The average molecular weight is 222 g/mol. The van der Waals surface area contributed by atoms with Crippen molar-refractivity contribution < 1.29 is 4.74 Å². The molecule has 3 atom stereocenters. The van der Waals surface area contributed by atoms with Crippen LogP contribution in [0.25, 0.3) is 0 Å². The van der Waals surface area contributed by atoms with Crippen LogP contribution in [0.1, 0.15) is 38.9 Å². The first-order valence-corrected chi connectivity index (χ1v) is 5.90. The van der Waals surface area contributed by atoms with Gasteiger partial charge >= 0.3 is 0 Å². The van der Waals surface area contributed by atoms with Gasteiger partial charge in [0, 0.05) is 13.0 Å². The van der Waals surface area contributed by atoms with E-state index in [1.165, 1.54) is 12.8 Å². The van der Waals surface area contributed by atoms with Crippen LogP contribution in [0.4, 0.5) is 0 Å². The summed E-state index contributed by atoms with van der Waals surface area (Å²) >= 11 is 0. The molecule has 1 N–H and O–H groups in total. The lowest BCUT2D eigenvalue weighted by molar-refractivity contribution is -0.0764. The van der Waals surface area contributed by atoms with Crippen LogP contribution >= 0.6 is 0 Å². The number of aromatic nitrogens is 4. The number of nitrogens with one attached hydrogen (secondary N) is 1. The lowest BCUT2D eigenvalue weighted by Crippen LogP contribution is -2.38. The molecule has 2 aliphatic rings. The maximum atomic E-state index is 5.83. The van der Waals surface area contributed by atoms with Crippen molar-refractivity contribution in [2.24, 2.45) is 17.3 Å². The molecule has 88 valence electrons. The van der Waals surface area contributed by atoms with Gasteiger partial charge in [0.15, 0.2) is 0 Å². The summed E-state index contributed by atoms with van der Waals surface area (Å²) < 4.78 is 5.83. The highest BCUT2D eigenvalue weighted by Crippen LogP contribution is 2.65. The van der Waals surface area contributed by atoms with Gasteiger partial charge < -0.3 is 4.74 Å². The van der Waals surface area contributed by atoms with E-state index in [0.29, 0.717) is 11.3 Å². The number of nitrogens with zero attached hydrogens (tertiary/aromatic N) is 3. The van der Waals surface area contributed by atoms with Crippen LogP contribution in [0.15, 0.2) is 0 Å². The number of tetrazole rings is 1. The van der Waals surface area contributed by atoms with E-state index in [2.05, 4.69) is 34.5 Å². The molecule has 2 aliphatic carbocycles. The van der Waals surface area contributed by atoms with Gasteiger partial charge in [0.2, 0.25) is 5.82 Å². The van der Waals surface area contributed by atoms with Gasteiger partial charge in [0.05, 0.1) is 0 Å². The molecule has 1 aromatic rings. The maximum Gasteiger partial charge on any atom is 0.206 e. The van der Waals surface area contributed by atoms with Crippen LogP contribution in [-0.2, 0) is 10.3 Å². The Kier molecular flexibility index (Phi) is 1.93. The first-order chi connectivity index (χ1) is 7.61. The summed E-state index contributed by atoms with van der Waals surface area (Å²) in [5.74, 6) is 1.96. The SMILES string of the molecule is CO[C@]1(c2nn[nH]n2)C[C@H]2CC[C@@H]1C2(C)C. The number of H-pyrrole nitrogens is 1. The largest absolute Gasteiger partial charge is 0.370 e. The summed E-state index contributed by atoms with van der Waals surface area (Å²) in [6, 6.07) is 0. The van der Waals surface area contributed by atoms with Crippen LogP contribution in [0.5, 0.6) is 0 Å². The topological polar surface area (TPSA) is 63.7 Å². The van der Waals surface area contributed by atoms with Crippen LogP contribution in [0, 0.1) is 17.3 Å². The number of rotatable bonds is 2. The fourth-order valence-corrected chi connectivity index (χ4v) is 4.01. The fraction of sp³-hybridized carbons (Fsp3) is 0.909. The second-order valence-electron chi connectivity index (χ2n) is 5.68. The van der Waals surface area contributed by atoms with E-state index in [-0.39, 0.29) is 5.60 Å². The van der Waals surface area contributed by atoms with Gasteiger partial charge in [-0.2, -0.15) is 5.21 Å². The van der Waals surface area contributed by atoms with Crippen molar-refractivity contribution in [2.75, 3.05) is 7.11 Å². The molecule has 2 fully saturated rings. The predicted octanol–water partition coefficient (Wildman–Crippen LogP) is 1.50. The molecular formula is C11H18N4O. The normalized spacial score (nSPS) is 40.4. The maximum absolute atomic E-state index is 5.83. The Morgan fingerprint density at radius 2 is 2.19 bits per heavy atom. The first kappa shape index (κ1) is 10.2. The van der Waals surface area contributed by atoms with E-state index in [1.54, 1.807) is 7.11 Å². The quantitative estimate of drug-likeness (QED) is 0.823. The highest BCUT2D eigenvalue weighted by molar-refractivity contribution is 5.17. The molecule has 0 saturated heterocycles. The lowest BCUT2D eigenvalue weighted by atomic mass is 9.77. The molecule has 3 rings (SSSR count). The zero-order valence-corrected chi connectivity index (χ0v) is 10.0. The van der Waals surface area contributed by atoms with E-state index in [0.717, 1.165) is 18.2 Å². The van der Waals surface area contributed by atoms with Crippen molar-refractivity contribution in [3.05, 3.63) is 5.82 Å². The summed E-state index contributed by atoms with van der Waals surface area (Å²) in [7, 11) is 1.77. The van der Waals surface area contributed by atoms with E-state index in [9.17, 15) is 0 Å². The number of hydrogen-bond donors (Lipinski definition) is 1. The fourth-order valence-electron chi connectivity index (χ4n) is 4.01. The number of methoxy groups -OCH3 is 1. The average Bonchev–Trinajstić information content (AvgIpc) is 2.93. The molecule has 0 amide bonds. The molecule has 5 heteroatoms. The minimum Gasteiger partial charge on any atom is -0.370 e. The third-order valence-electron chi connectivity index (χ3n) is 4.95. The van der Waals surface area contributed by atoms with Crippen molar-refractivity contribution in [2.45, 2.75) is 38.7 Å². The van der Waals surface area contributed by atoms with E-state index < -0.39 is 0 Å². The van der Waals surface area contributed by atoms with E-state index >= 15 is 0 Å². The zero-order valence-electron chi connectivity index (χ0n) is 10.0. The second-order valence-corrected chi connectivity index (χ2v) is 5.68. The standard InChI is InChI=1S/C11H18N4O/c1-10(2)7-4-5-8(10)11(6-7,16-3)9-12-14-15-13-9/h7-8H,4-6H2,1-3H3,(H,12,13,14,15)/t7-,8-,11-/m1/s1. The summed E-state index contributed by atoms with van der Waals surface area (Å²) in [5.41, 5.74) is 0.0239. The van der Waals surface area contributed by atoms with Gasteiger partial charge in [0.1, 0.15) is 5.60 Å². The van der Waals surface area contributed by atoms with Crippen molar-refractivity contribution >= 4 is 0 Å². The van der Waals surface area contributed by atoms with Gasteiger partial charge in [-0.05, 0) is 30.6 Å². The number of ether oxygens (including phenoxy) is 1. The van der Waals surface area contributed by atoms with Crippen molar-refractivity contribution in [1.29, 1.82) is 0 Å². The predicted molar refractivity (Wildman–Crippen MR) is 57.5 cm³/mol. The third-order valence-corrected chi connectivity index (χ3v) is 4.95. The van der Waals surface area contributed by atoms with Gasteiger partial charge in [-0.1, -0.05) is 19.1 Å². The zero-order chi connectivity index (χ0) is 11.4. The Morgan fingerprint density at radius 1 is 1.38 bits per heavy atom. The summed E-state index contributed by atoms with van der Waals surface area (Å²) in [6.45, 7) is 4.69. The molecule has 0 aliphatic heterocycles. The molecule has 0 aromatic carbocycles. The molecule has 0 radical (unpaired) electrons. The molecule has 1 aromatic heterocycles. The van der Waals surface area contributed by atoms with E-state index in [1.807, 2.05) is 0 Å². The van der Waals surface area contributed by atoms with Crippen LogP contribution in [-0.4, -0.2) is 27.7 Å². The smallest absolute Gasteiger partial charge is 0.206 e. The number of hydrogen-bond acceptors (Lipinski definition) is 4. The van der Waals surface area contributed by atoms with Gasteiger partial charge in [-0.3, -0.25) is 0 Å². The van der Waals surface area contributed by atoms with Crippen molar-refractivity contribution in [3.8, 4) is 0 Å². The lowest BCUT2D eigenvalue weighted by Gasteiger charge is -2.35. The minimum absolute atomic E-state index is 0.306. The van der Waals surface area contributed by atoms with E-state index in [4.69, 9.17) is 4.74 Å². The summed E-state index contributed by atoms with van der Waals surface area (Å²) in [6.07, 6.45) is 3.54. The molecule has 16 heavy (non-hydrogen) atoms. The molecule has 0 unspecified atom stereocenters. The van der Waals surface area contributed by atoms with Gasteiger partial charge in [-0.25, -0.2) is 0 Å². The monoisotopic (exact) mass is 222 g/mol. The molecule has 2 bridgehead atoms. The Hall–Kier alpha value is -0.970.